The Balaban J connectivity index is 1.56. The Bertz CT molecular complexity index is 2990. The van der Waals surface area contributed by atoms with Gasteiger partial charge in [0, 0.05) is 44.2 Å². The van der Waals surface area contributed by atoms with Crippen LogP contribution in [0.3, 0.4) is 0 Å². The van der Waals surface area contributed by atoms with Gasteiger partial charge in [0.2, 0.25) is 76.8 Å². The summed E-state index contributed by atoms with van der Waals surface area (Å²) in [6, 6.07) is -11.8. The lowest BCUT2D eigenvalue weighted by Gasteiger charge is -2.31. The van der Waals surface area contributed by atoms with Gasteiger partial charge < -0.3 is 116 Å². The van der Waals surface area contributed by atoms with E-state index < -0.39 is 206 Å². The van der Waals surface area contributed by atoms with Crippen LogP contribution in [0, 0.1) is 0 Å². The highest BCUT2D eigenvalue weighted by molar-refractivity contribution is 6.00. The van der Waals surface area contributed by atoms with E-state index in [1.165, 1.54) is 12.5 Å². The summed E-state index contributed by atoms with van der Waals surface area (Å²) in [6.07, 6.45) is -3.91. The van der Waals surface area contributed by atoms with Crippen molar-refractivity contribution in [2.75, 3.05) is 32.8 Å². The molecule has 3 heterocycles. The van der Waals surface area contributed by atoms with E-state index in [9.17, 15) is 97.8 Å². The molecule has 2 saturated heterocycles. The first-order valence-corrected chi connectivity index (χ1v) is 30.8. The molecule has 0 radical (unpaired) electrons. The largest absolute Gasteiger partial charge is 0.480 e. The van der Waals surface area contributed by atoms with Gasteiger partial charge in [0.05, 0.1) is 44.3 Å². The number of unbranched alkanes of at least 4 members (excludes halogenated alkanes) is 1. The van der Waals surface area contributed by atoms with E-state index in [0.717, 1.165) is 30.6 Å². The van der Waals surface area contributed by atoms with E-state index in [1.54, 1.807) is 30.3 Å². The zero-order valence-electron chi connectivity index (χ0n) is 52.8. The molecule has 37 nitrogen and oxygen atoms in total. The topological polar surface area (TPSA) is 608 Å². The van der Waals surface area contributed by atoms with Crippen molar-refractivity contribution in [3.05, 3.63) is 54.1 Å². The smallest absolute Gasteiger partial charge is 0.326 e. The third-order valence-electron chi connectivity index (χ3n) is 15.6. The number of likely N-dealkylation sites (tertiary alicyclic amines) is 2. The number of nitrogens with one attached hydrogen (secondary N) is 10. The summed E-state index contributed by atoms with van der Waals surface area (Å²) in [5.74, 6) is -15.4. The first-order chi connectivity index (χ1) is 44.9. The summed E-state index contributed by atoms with van der Waals surface area (Å²) >= 11 is 0. The number of amides is 13. The lowest BCUT2D eigenvalue weighted by atomic mass is 10.0. The van der Waals surface area contributed by atoms with Crippen molar-refractivity contribution in [3.63, 3.8) is 0 Å². The van der Waals surface area contributed by atoms with Crippen molar-refractivity contribution in [2.24, 2.45) is 22.9 Å². The standard InChI is InChI=1S/C58H89N17O20/c1-28(78)44(71-49(85)34(13-7-8-18-59)65-47(83)33(60)25-76)54(90)68-36(21-31-11-5-4-6-12-31)50(86)67-37(23-43(62)82)51(87)72-45(29(2)79)55(91)69-38(22-32-24-63-27-64-32)56(92)74-19-9-14-40(74)53(89)66-35(16-17-42(61)81)48(84)70-39(26-77)52(88)73-46(30(3)80)57(93)75-20-10-15-41(75)58(94)95/h4-6,11-12,24,27-30,33-41,44-46,76-80H,7-10,13-23,25-26,59-60H2,1-3H3,(H2,61,81)(H2,62,82)(H,63,64)(H,65,83)(H,66,89)(H,67,86)(H,68,90)(H,69,91)(H,70,84)(H,71,85)(H,72,87)(H,73,88)(H,94,95)/t28-,29-,30-,33+,34+,35+,36+,37+,38+,39+,40+,41+,44+,45+,46+/m1/s1. The van der Waals surface area contributed by atoms with Gasteiger partial charge >= 0.3 is 5.97 Å². The number of primary amides is 2. The monoisotopic (exact) mass is 1340 g/mol. The molecule has 1 aromatic carbocycles. The highest BCUT2D eigenvalue weighted by Crippen LogP contribution is 2.22. The van der Waals surface area contributed by atoms with Crippen LogP contribution in [-0.2, 0) is 80.0 Å². The minimum atomic E-state index is -2.00. The van der Waals surface area contributed by atoms with E-state index in [2.05, 4.69) is 57.8 Å². The van der Waals surface area contributed by atoms with Crippen molar-refractivity contribution in [1.82, 2.24) is 67.6 Å². The Morgan fingerprint density at radius 2 is 1.05 bits per heavy atom. The average Bonchev–Trinajstić information content (AvgIpc) is 1.78. The second-order valence-corrected chi connectivity index (χ2v) is 23.2. The van der Waals surface area contributed by atoms with Crippen molar-refractivity contribution >= 4 is 82.8 Å². The van der Waals surface area contributed by atoms with Gasteiger partial charge in [0.25, 0.3) is 0 Å². The van der Waals surface area contributed by atoms with Crippen LogP contribution in [0.4, 0.5) is 0 Å². The van der Waals surface area contributed by atoms with Crippen LogP contribution in [0.1, 0.15) is 96.2 Å². The number of nitrogens with zero attached hydrogens (tertiary/aromatic N) is 3. The summed E-state index contributed by atoms with van der Waals surface area (Å²) in [5.41, 5.74) is 22.8. The summed E-state index contributed by atoms with van der Waals surface area (Å²) < 4.78 is 0. The van der Waals surface area contributed by atoms with Gasteiger partial charge in [-0.15, -0.1) is 0 Å². The fourth-order valence-electron chi connectivity index (χ4n) is 10.4. The van der Waals surface area contributed by atoms with Crippen LogP contribution >= 0.6 is 0 Å². The zero-order valence-corrected chi connectivity index (χ0v) is 52.8. The maximum atomic E-state index is 14.7. The third kappa shape index (κ3) is 23.9. The summed E-state index contributed by atoms with van der Waals surface area (Å²) in [7, 11) is 0. The summed E-state index contributed by atoms with van der Waals surface area (Å²) in [4.78, 5) is 198. The van der Waals surface area contributed by atoms with E-state index >= 15 is 0 Å². The van der Waals surface area contributed by atoms with Crippen molar-refractivity contribution in [2.45, 2.75) is 189 Å². The molecule has 0 aliphatic carbocycles. The fraction of sp³-hybridized carbons (Fsp3) is 0.603. The Morgan fingerprint density at radius 3 is 1.58 bits per heavy atom. The average molecular weight is 1340 g/mol. The highest BCUT2D eigenvalue weighted by Gasteiger charge is 2.44. The quantitative estimate of drug-likeness (QED) is 0.0276. The second kappa shape index (κ2) is 38.2. The van der Waals surface area contributed by atoms with Crippen LogP contribution < -0.4 is 70.8 Å². The number of hydrogen-bond donors (Lipinski definition) is 20. The molecule has 0 spiro atoms. The Labute approximate surface area is 545 Å². The van der Waals surface area contributed by atoms with Gasteiger partial charge in [0.1, 0.15) is 72.5 Å². The molecule has 1 aromatic heterocycles. The van der Waals surface area contributed by atoms with Gasteiger partial charge in [-0.25, -0.2) is 9.78 Å². The number of aromatic nitrogens is 2. The highest BCUT2D eigenvalue weighted by atomic mass is 16.4. The molecule has 2 aromatic rings. The number of aliphatic hydroxyl groups excluding tert-OH is 5. The molecule has 95 heavy (non-hydrogen) atoms. The number of H-pyrrole nitrogens is 1. The molecular weight excluding hydrogens is 1250 g/mol. The Morgan fingerprint density at radius 1 is 0.558 bits per heavy atom. The minimum absolute atomic E-state index is 0.00219. The number of aliphatic hydroxyl groups is 5. The lowest BCUT2D eigenvalue weighted by Crippen LogP contribution is -2.63. The molecule has 0 bridgehead atoms. The number of carboxylic acids is 1. The van der Waals surface area contributed by atoms with Gasteiger partial charge in [-0.2, -0.15) is 0 Å². The second-order valence-electron chi connectivity index (χ2n) is 23.2. The van der Waals surface area contributed by atoms with Crippen LogP contribution in [0.25, 0.3) is 0 Å². The molecule has 24 N–H and O–H groups in total. The van der Waals surface area contributed by atoms with E-state index in [-0.39, 0.29) is 63.9 Å². The van der Waals surface area contributed by atoms with Crippen molar-refractivity contribution in [3.8, 4) is 0 Å². The number of hydrogen-bond acceptors (Lipinski definition) is 22. The molecule has 13 amide bonds. The van der Waals surface area contributed by atoms with Crippen LogP contribution in [0.2, 0.25) is 0 Å². The fourth-order valence-corrected chi connectivity index (χ4v) is 10.4. The number of carbonyl (C=O) groups is 14. The van der Waals surface area contributed by atoms with Gasteiger partial charge in [0.15, 0.2) is 0 Å². The third-order valence-corrected chi connectivity index (χ3v) is 15.6. The maximum Gasteiger partial charge on any atom is 0.326 e. The molecule has 37 heteroatoms. The van der Waals surface area contributed by atoms with E-state index in [1.807, 2.05) is 0 Å². The number of carbonyl (C=O) groups excluding carboxylic acids is 13. The number of nitrogens with two attached hydrogens (primary N) is 4. The first-order valence-electron chi connectivity index (χ1n) is 30.8. The molecule has 2 aliphatic heterocycles. The number of benzene rings is 1. The molecule has 0 saturated carbocycles. The number of aromatic amines is 1. The van der Waals surface area contributed by atoms with Gasteiger partial charge in [-0.05, 0) is 84.2 Å². The van der Waals surface area contributed by atoms with Crippen LogP contribution in [0.15, 0.2) is 42.9 Å². The first kappa shape index (κ1) is 78.2. The number of carboxylic acid groups (broad SMARTS) is 1. The van der Waals surface area contributed by atoms with Crippen molar-refractivity contribution < 1.29 is 97.8 Å². The molecule has 526 valence electrons. The normalized spacial score (nSPS) is 18.5. The zero-order chi connectivity index (χ0) is 70.8. The minimum Gasteiger partial charge on any atom is -0.480 e. The van der Waals surface area contributed by atoms with E-state index in [4.69, 9.17) is 22.9 Å². The molecule has 2 aliphatic rings. The van der Waals surface area contributed by atoms with Crippen LogP contribution in [0.5, 0.6) is 0 Å². The SMILES string of the molecule is C[C@@H](O)[C@H](NC(=O)[C@H](CCCCN)NC(=O)[C@@H](N)CO)C(=O)N[C@@H](Cc1ccccc1)C(=O)N[C@@H](CC(N)=O)C(=O)N[C@H](C(=O)N[C@@H](Cc1cnc[nH]1)C(=O)N1CCC[C@H]1C(=O)N[C@@H](CCC(N)=O)C(=O)N[C@@H](CO)C(=O)N[C@H](C(=O)N1CCC[C@H]1C(=O)O)[C@@H](C)O)[C@@H](C)O. The molecule has 0 unspecified atom stereocenters. The number of imidazole rings is 1. The number of rotatable bonds is 39. The van der Waals surface area contributed by atoms with E-state index in [0.29, 0.717) is 24.8 Å². The molecule has 2 fully saturated rings. The number of aliphatic carboxylic acids is 1. The Kier molecular flexibility index (Phi) is 31.4. The molecule has 4 rings (SSSR count). The predicted octanol–water partition coefficient (Wildman–Crippen LogP) is -9.65. The summed E-state index contributed by atoms with van der Waals surface area (Å²) in [6.45, 7) is 1.58. The van der Waals surface area contributed by atoms with Gasteiger partial charge in [-0.1, -0.05) is 30.3 Å². The molecule has 15 atom stereocenters. The van der Waals surface area contributed by atoms with Crippen molar-refractivity contribution in [1.29, 1.82) is 0 Å². The van der Waals surface area contributed by atoms with Gasteiger partial charge in [-0.3, -0.25) is 62.3 Å². The molecular formula is C58H89N17O20. The predicted molar refractivity (Wildman–Crippen MR) is 329 cm³/mol. The summed E-state index contributed by atoms with van der Waals surface area (Å²) in [5, 5.41) is 82.7. The maximum absolute atomic E-state index is 14.7. The lowest BCUT2D eigenvalue weighted by molar-refractivity contribution is -0.151. The van der Waals surface area contributed by atoms with Crippen LogP contribution in [-0.4, -0.2) is 257 Å². The Hall–Kier alpha value is -9.27.